The van der Waals surface area contributed by atoms with Crippen molar-refractivity contribution in [2.45, 2.75) is 20.8 Å². The van der Waals surface area contributed by atoms with Crippen LogP contribution in [0, 0.1) is 5.41 Å². The number of halogens is 1. The van der Waals surface area contributed by atoms with Gasteiger partial charge < -0.3 is 11.1 Å². The Morgan fingerprint density at radius 2 is 2.00 bits per heavy atom. The number of rotatable bonds is 1. The number of pyridine rings is 1. The molecule has 1 aromatic rings. The van der Waals surface area contributed by atoms with E-state index < -0.39 is 0 Å². The van der Waals surface area contributed by atoms with E-state index in [1.165, 1.54) is 0 Å². The van der Waals surface area contributed by atoms with E-state index in [4.69, 9.17) is 22.7 Å². The number of anilines is 1. The number of hydrogen-bond donors (Lipinski definition) is 2. The van der Waals surface area contributed by atoms with Crippen LogP contribution in [0.4, 0.5) is 5.82 Å². The standard InChI is InChI=1S/C7H8ClN3.C2H6/c1-4(9)5-2-3-6(8)11-7(5)10;1-2/h2-3,9H,1H3,(H2,10,11);1-2H3. The van der Waals surface area contributed by atoms with Gasteiger partial charge in [-0.25, -0.2) is 4.98 Å². The molecule has 0 fully saturated rings. The maximum absolute atomic E-state index is 7.28. The Morgan fingerprint density at radius 1 is 1.46 bits per heavy atom. The molecule has 0 aliphatic heterocycles. The van der Waals surface area contributed by atoms with Crippen LogP contribution in [0.25, 0.3) is 0 Å². The van der Waals surface area contributed by atoms with Gasteiger partial charge in [0.15, 0.2) is 0 Å². The van der Waals surface area contributed by atoms with Crippen LogP contribution in [0.3, 0.4) is 0 Å². The SMILES string of the molecule is CC.CC(=N)c1ccc(Cl)nc1N. The minimum Gasteiger partial charge on any atom is -0.383 e. The fourth-order valence-corrected chi connectivity index (χ4v) is 0.921. The van der Waals surface area contributed by atoms with Gasteiger partial charge in [-0.2, -0.15) is 0 Å². The second-order valence-electron chi connectivity index (χ2n) is 2.19. The van der Waals surface area contributed by atoms with Crippen LogP contribution >= 0.6 is 11.6 Å². The third-order valence-electron chi connectivity index (χ3n) is 1.29. The highest BCUT2D eigenvalue weighted by molar-refractivity contribution is 6.29. The molecule has 0 unspecified atom stereocenters. The lowest BCUT2D eigenvalue weighted by atomic mass is 10.2. The Morgan fingerprint density at radius 3 is 2.38 bits per heavy atom. The van der Waals surface area contributed by atoms with Crippen LogP contribution in [-0.2, 0) is 0 Å². The third kappa shape index (κ3) is 3.42. The van der Waals surface area contributed by atoms with Crippen LogP contribution < -0.4 is 5.73 Å². The zero-order valence-corrected chi connectivity index (χ0v) is 8.81. The molecule has 3 nitrogen and oxygen atoms in total. The molecule has 4 heteroatoms. The molecule has 0 aliphatic carbocycles. The molecule has 0 bridgehead atoms. The van der Waals surface area contributed by atoms with Crippen molar-refractivity contribution >= 4 is 23.1 Å². The molecule has 0 saturated carbocycles. The number of aromatic nitrogens is 1. The Hall–Kier alpha value is -1.09. The summed E-state index contributed by atoms with van der Waals surface area (Å²) in [5.74, 6) is 0.310. The highest BCUT2D eigenvalue weighted by Crippen LogP contribution is 2.13. The van der Waals surface area contributed by atoms with Gasteiger partial charge in [0.1, 0.15) is 11.0 Å². The predicted octanol–water partition coefficient (Wildman–Crippen LogP) is 2.73. The summed E-state index contributed by atoms with van der Waals surface area (Å²) in [7, 11) is 0. The van der Waals surface area contributed by atoms with Gasteiger partial charge in [-0.05, 0) is 19.1 Å². The van der Waals surface area contributed by atoms with E-state index in [0.717, 1.165) is 0 Å². The first-order valence-electron chi connectivity index (χ1n) is 4.09. The van der Waals surface area contributed by atoms with Crippen LogP contribution in [0.15, 0.2) is 12.1 Å². The summed E-state index contributed by atoms with van der Waals surface area (Å²) in [4.78, 5) is 3.80. The molecule has 3 N–H and O–H groups in total. The van der Waals surface area contributed by atoms with Crippen molar-refractivity contribution in [3.8, 4) is 0 Å². The first-order chi connectivity index (χ1) is 6.11. The Bertz CT molecular complexity index is 297. The zero-order chi connectivity index (χ0) is 10.4. The Balaban J connectivity index is 0.000000671. The van der Waals surface area contributed by atoms with Gasteiger partial charge in [0.25, 0.3) is 0 Å². The Kier molecular flexibility index (Phi) is 5.07. The number of hydrogen-bond acceptors (Lipinski definition) is 3. The smallest absolute Gasteiger partial charge is 0.134 e. The van der Waals surface area contributed by atoms with Gasteiger partial charge in [0, 0.05) is 11.3 Å². The summed E-state index contributed by atoms with van der Waals surface area (Å²) in [5.41, 5.74) is 6.51. The molecule has 0 aromatic carbocycles. The zero-order valence-electron chi connectivity index (χ0n) is 8.06. The topological polar surface area (TPSA) is 62.8 Å². The minimum atomic E-state index is 0.310. The van der Waals surface area contributed by atoms with Crippen LogP contribution in [0.1, 0.15) is 26.3 Å². The van der Waals surface area contributed by atoms with Crippen molar-refractivity contribution in [2.75, 3.05) is 5.73 Å². The van der Waals surface area contributed by atoms with E-state index in [2.05, 4.69) is 4.98 Å². The molecule has 0 amide bonds. The number of nitrogens with two attached hydrogens (primary N) is 1. The molecule has 1 heterocycles. The van der Waals surface area contributed by atoms with E-state index in [1.807, 2.05) is 13.8 Å². The molecule has 1 aromatic heterocycles. The van der Waals surface area contributed by atoms with E-state index >= 15 is 0 Å². The average molecular weight is 200 g/mol. The number of nitrogen functional groups attached to an aromatic ring is 1. The average Bonchev–Trinajstić information content (AvgIpc) is 2.07. The number of nitrogens with zero attached hydrogens (tertiary/aromatic N) is 1. The molecule has 0 radical (unpaired) electrons. The summed E-state index contributed by atoms with van der Waals surface area (Å²) < 4.78 is 0. The van der Waals surface area contributed by atoms with Gasteiger partial charge in [0.05, 0.1) is 0 Å². The maximum Gasteiger partial charge on any atom is 0.134 e. The molecular formula is C9H14ClN3. The molecule has 0 spiro atoms. The first kappa shape index (κ1) is 11.9. The van der Waals surface area contributed by atoms with E-state index in [1.54, 1.807) is 19.1 Å². The van der Waals surface area contributed by atoms with Crippen molar-refractivity contribution < 1.29 is 0 Å². The lowest BCUT2D eigenvalue weighted by molar-refractivity contribution is 1.31. The molecule has 13 heavy (non-hydrogen) atoms. The monoisotopic (exact) mass is 199 g/mol. The molecule has 0 atom stereocenters. The lowest BCUT2D eigenvalue weighted by Crippen LogP contribution is -2.01. The molecular weight excluding hydrogens is 186 g/mol. The lowest BCUT2D eigenvalue weighted by Gasteiger charge is -2.01. The summed E-state index contributed by atoms with van der Waals surface area (Å²) in [6.45, 7) is 5.65. The second-order valence-corrected chi connectivity index (χ2v) is 2.58. The predicted molar refractivity (Wildman–Crippen MR) is 57.5 cm³/mol. The van der Waals surface area contributed by atoms with E-state index in [-0.39, 0.29) is 0 Å². The van der Waals surface area contributed by atoms with Crippen molar-refractivity contribution in [3.05, 3.63) is 22.8 Å². The van der Waals surface area contributed by atoms with Gasteiger partial charge in [0.2, 0.25) is 0 Å². The second kappa shape index (κ2) is 5.54. The van der Waals surface area contributed by atoms with Crippen molar-refractivity contribution in [3.63, 3.8) is 0 Å². The highest BCUT2D eigenvalue weighted by Gasteiger charge is 2.01. The third-order valence-corrected chi connectivity index (χ3v) is 1.51. The summed E-state index contributed by atoms with van der Waals surface area (Å²) >= 11 is 5.56. The van der Waals surface area contributed by atoms with Crippen molar-refractivity contribution in [1.29, 1.82) is 5.41 Å². The van der Waals surface area contributed by atoms with E-state index in [9.17, 15) is 0 Å². The van der Waals surface area contributed by atoms with Crippen molar-refractivity contribution in [1.82, 2.24) is 4.98 Å². The fraction of sp³-hybridized carbons (Fsp3) is 0.333. The normalized spacial score (nSPS) is 8.62. The number of nitrogens with one attached hydrogen (secondary N) is 1. The first-order valence-corrected chi connectivity index (χ1v) is 4.46. The molecule has 0 saturated heterocycles. The van der Waals surface area contributed by atoms with Gasteiger partial charge in [-0.15, -0.1) is 0 Å². The minimum absolute atomic E-state index is 0.310. The van der Waals surface area contributed by atoms with Crippen LogP contribution in [0.5, 0.6) is 0 Å². The fourth-order valence-electron chi connectivity index (χ4n) is 0.767. The molecule has 1 rings (SSSR count). The van der Waals surface area contributed by atoms with Gasteiger partial charge in [-0.3, -0.25) is 0 Å². The van der Waals surface area contributed by atoms with E-state index in [0.29, 0.717) is 22.2 Å². The summed E-state index contributed by atoms with van der Waals surface area (Å²) in [6.07, 6.45) is 0. The maximum atomic E-state index is 7.28. The van der Waals surface area contributed by atoms with Gasteiger partial charge >= 0.3 is 0 Å². The largest absolute Gasteiger partial charge is 0.383 e. The molecule has 0 aliphatic rings. The highest BCUT2D eigenvalue weighted by atomic mass is 35.5. The summed E-state index contributed by atoms with van der Waals surface area (Å²) in [6, 6.07) is 3.30. The molecule has 72 valence electrons. The van der Waals surface area contributed by atoms with Crippen LogP contribution in [0.2, 0.25) is 5.15 Å². The van der Waals surface area contributed by atoms with Gasteiger partial charge in [-0.1, -0.05) is 25.4 Å². The summed E-state index contributed by atoms with van der Waals surface area (Å²) in [5, 5.41) is 7.64. The van der Waals surface area contributed by atoms with Crippen molar-refractivity contribution in [2.24, 2.45) is 0 Å². The quantitative estimate of drug-likeness (QED) is 0.540. The Labute approximate surface area is 83.4 Å². The van der Waals surface area contributed by atoms with Crippen LogP contribution in [-0.4, -0.2) is 10.7 Å².